The molecule has 2 N–H and O–H groups in total. The summed E-state index contributed by atoms with van der Waals surface area (Å²) in [6.07, 6.45) is -0.359. The van der Waals surface area contributed by atoms with Gasteiger partial charge in [0.1, 0.15) is 5.82 Å². The molecule has 4 nitrogen and oxygen atoms in total. The Kier molecular flexibility index (Phi) is 5.38. The molecule has 1 unspecified atom stereocenters. The van der Waals surface area contributed by atoms with Crippen molar-refractivity contribution < 1.29 is 19.1 Å². The Morgan fingerprint density at radius 3 is 2.32 bits per heavy atom. The van der Waals surface area contributed by atoms with E-state index in [0.29, 0.717) is 11.1 Å². The third kappa shape index (κ3) is 4.23. The van der Waals surface area contributed by atoms with Crippen LogP contribution in [0.5, 0.6) is 0 Å². The van der Waals surface area contributed by atoms with Gasteiger partial charge < -0.3 is 10.4 Å². The number of nitrogens with one attached hydrogen (secondary N) is 1. The van der Waals surface area contributed by atoms with Crippen molar-refractivity contribution in [1.82, 2.24) is 5.32 Å². The maximum absolute atomic E-state index is 13.6. The van der Waals surface area contributed by atoms with Gasteiger partial charge in [-0.3, -0.25) is 9.59 Å². The second kappa shape index (κ2) is 7.47. The smallest absolute Gasteiger partial charge is 0.305 e. The molecule has 0 bridgehead atoms. The van der Waals surface area contributed by atoms with Gasteiger partial charge in [-0.15, -0.1) is 0 Å². The highest BCUT2D eigenvalue weighted by atomic mass is 19.1. The van der Waals surface area contributed by atoms with Crippen LogP contribution in [0.4, 0.5) is 4.39 Å². The highest BCUT2D eigenvalue weighted by molar-refractivity contribution is 6.01. The number of benzene rings is 2. The van der Waals surface area contributed by atoms with E-state index in [0.717, 1.165) is 0 Å². The van der Waals surface area contributed by atoms with Crippen molar-refractivity contribution in [3.63, 3.8) is 0 Å². The number of halogens is 1. The fourth-order valence-electron chi connectivity index (χ4n) is 2.11. The van der Waals surface area contributed by atoms with Crippen molar-refractivity contribution in [2.75, 3.05) is 0 Å². The van der Waals surface area contributed by atoms with Crippen LogP contribution in [0.3, 0.4) is 0 Å². The number of hydrogen-bond acceptors (Lipinski definition) is 3. The molecule has 0 spiro atoms. The van der Waals surface area contributed by atoms with Gasteiger partial charge in [-0.2, -0.15) is 0 Å². The van der Waals surface area contributed by atoms with Crippen molar-refractivity contribution in [3.8, 4) is 0 Å². The first-order chi connectivity index (χ1) is 10.6. The summed E-state index contributed by atoms with van der Waals surface area (Å²) in [5.41, 5.74) is 0.813. The van der Waals surface area contributed by atoms with Gasteiger partial charge in [0.2, 0.25) is 0 Å². The molecule has 5 heteroatoms. The molecule has 1 atom stereocenters. The van der Waals surface area contributed by atoms with Crippen molar-refractivity contribution in [2.24, 2.45) is 0 Å². The molecule has 114 valence electrons. The lowest BCUT2D eigenvalue weighted by Crippen LogP contribution is -2.38. The second-order valence-electron chi connectivity index (χ2n) is 4.85. The summed E-state index contributed by atoms with van der Waals surface area (Å²) in [7, 11) is 0. The minimum atomic E-state index is -1.09. The first kappa shape index (κ1) is 15.9. The molecule has 0 radical (unpaired) electrons. The third-order valence-corrected chi connectivity index (χ3v) is 3.25. The fourth-order valence-corrected chi connectivity index (χ4v) is 2.11. The van der Waals surface area contributed by atoms with Crippen LogP contribution >= 0.6 is 0 Å². The Bertz CT molecular complexity index is 658. The maximum atomic E-state index is 13.6. The summed E-state index contributed by atoms with van der Waals surface area (Å²) in [5.74, 6) is -1.80. The summed E-state index contributed by atoms with van der Waals surface area (Å²) in [6.45, 7) is 0.0865. The molecule has 0 amide bonds. The van der Waals surface area contributed by atoms with Crippen molar-refractivity contribution in [3.05, 3.63) is 71.5 Å². The Morgan fingerprint density at radius 1 is 1.05 bits per heavy atom. The number of ketones is 1. The van der Waals surface area contributed by atoms with Gasteiger partial charge in [0.15, 0.2) is 5.78 Å². The SMILES string of the molecule is O=C(O)CC(NCc1ccccc1F)C(=O)c1ccccc1. The minimum Gasteiger partial charge on any atom is -0.481 e. The lowest BCUT2D eigenvalue weighted by Gasteiger charge is -2.16. The highest BCUT2D eigenvalue weighted by Crippen LogP contribution is 2.10. The zero-order valence-corrected chi connectivity index (χ0v) is 11.8. The monoisotopic (exact) mass is 301 g/mol. The van der Waals surface area contributed by atoms with Crippen LogP contribution in [0.25, 0.3) is 0 Å². The summed E-state index contributed by atoms with van der Waals surface area (Å²) in [6, 6.07) is 13.7. The van der Waals surface area contributed by atoms with Crippen LogP contribution in [0.1, 0.15) is 22.3 Å². The van der Waals surface area contributed by atoms with Crippen molar-refractivity contribution in [1.29, 1.82) is 0 Å². The number of carbonyl (C=O) groups is 2. The molecule has 0 aliphatic carbocycles. The molecule has 0 heterocycles. The number of aliphatic carboxylic acids is 1. The van der Waals surface area contributed by atoms with E-state index in [4.69, 9.17) is 5.11 Å². The van der Waals surface area contributed by atoms with Crippen LogP contribution in [0, 0.1) is 5.82 Å². The molecule has 0 saturated carbocycles. The van der Waals surface area contributed by atoms with Gasteiger partial charge in [0.05, 0.1) is 12.5 Å². The first-order valence-electron chi connectivity index (χ1n) is 6.86. The maximum Gasteiger partial charge on any atom is 0.305 e. The van der Waals surface area contributed by atoms with E-state index in [2.05, 4.69) is 5.32 Å². The van der Waals surface area contributed by atoms with E-state index < -0.39 is 17.8 Å². The number of carboxylic acid groups (broad SMARTS) is 1. The van der Waals surface area contributed by atoms with Crippen LogP contribution in [-0.4, -0.2) is 22.9 Å². The first-order valence-corrected chi connectivity index (χ1v) is 6.86. The zero-order valence-electron chi connectivity index (χ0n) is 11.8. The number of carbonyl (C=O) groups excluding carboxylic acids is 1. The van der Waals surface area contributed by atoms with E-state index in [-0.39, 0.29) is 18.7 Å². The van der Waals surface area contributed by atoms with E-state index in [1.54, 1.807) is 48.5 Å². The number of rotatable bonds is 7. The molecular formula is C17H16FNO3. The second-order valence-corrected chi connectivity index (χ2v) is 4.85. The van der Waals surface area contributed by atoms with E-state index >= 15 is 0 Å². The number of Topliss-reactive ketones (excluding diaryl/α,β-unsaturated/α-hetero) is 1. The standard InChI is InChI=1S/C17H16FNO3/c18-14-9-5-4-8-13(14)11-19-15(10-16(20)21)17(22)12-6-2-1-3-7-12/h1-9,15,19H,10-11H2,(H,20,21). The highest BCUT2D eigenvalue weighted by Gasteiger charge is 2.22. The molecule has 2 rings (SSSR count). The molecule has 2 aromatic carbocycles. The molecule has 0 saturated heterocycles. The lowest BCUT2D eigenvalue weighted by atomic mass is 10.0. The van der Waals surface area contributed by atoms with Crippen molar-refractivity contribution >= 4 is 11.8 Å². The summed E-state index contributed by atoms with van der Waals surface area (Å²) in [4.78, 5) is 23.3. The summed E-state index contributed by atoms with van der Waals surface area (Å²) >= 11 is 0. The number of carboxylic acids is 1. The Hall–Kier alpha value is -2.53. The predicted octanol–water partition coefficient (Wildman–Crippen LogP) is 2.64. The van der Waals surface area contributed by atoms with Crippen LogP contribution in [0.15, 0.2) is 54.6 Å². The van der Waals surface area contributed by atoms with Gasteiger partial charge in [-0.1, -0.05) is 48.5 Å². The van der Waals surface area contributed by atoms with E-state index in [1.807, 2.05) is 0 Å². The molecule has 22 heavy (non-hydrogen) atoms. The summed E-state index contributed by atoms with van der Waals surface area (Å²) < 4.78 is 13.6. The molecular weight excluding hydrogens is 285 g/mol. The molecule has 2 aromatic rings. The lowest BCUT2D eigenvalue weighted by molar-refractivity contribution is -0.137. The van der Waals surface area contributed by atoms with Crippen LogP contribution in [-0.2, 0) is 11.3 Å². The van der Waals surface area contributed by atoms with E-state index in [9.17, 15) is 14.0 Å². The van der Waals surface area contributed by atoms with E-state index in [1.165, 1.54) is 6.07 Å². The fraction of sp³-hybridized carbons (Fsp3) is 0.176. The molecule has 0 aromatic heterocycles. The predicted molar refractivity (Wildman–Crippen MR) is 80.1 cm³/mol. The van der Waals surface area contributed by atoms with Gasteiger partial charge in [-0.05, 0) is 6.07 Å². The third-order valence-electron chi connectivity index (χ3n) is 3.25. The van der Waals surface area contributed by atoms with Crippen LogP contribution < -0.4 is 5.32 Å². The van der Waals surface area contributed by atoms with Gasteiger partial charge in [0.25, 0.3) is 0 Å². The largest absolute Gasteiger partial charge is 0.481 e. The quantitative estimate of drug-likeness (QED) is 0.772. The van der Waals surface area contributed by atoms with Gasteiger partial charge in [-0.25, -0.2) is 4.39 Å². The Morgan fingerprint density at radius 2 is 1.68 bits per heavy atom. The van der Waals surface area contributed by atoms with Crippen molar-refractivity contribution in [2.45, 2.75) is 19.0 Å². The van der Waals surface area contributed by atoms with Gasteiger partial charge in [0, 0.05) is 17.7 Å². The molecule has 0 aliphatic rings. The Balaban J connectivity index is 2.11. The van der Waals surface area contributed by atoms with Gasteiger partial charge >= 0.3 is 5.97 Å². The number of hydrogen-bond donors (Lipinski definition) is 2. The average molecular weight is 301 g/mol. The minimum absolute atomic E-state index is 0.0865. The normalized spacial score (nSPS) is 11.9. The van der Waals surface area contributed by atoms with Crippen LogP contribution in [0.2, 0.25) is 0 Å². The summed E-state index contributed by atoms with van der Waals surface area (Å²) in [5, 5.41) is 11.8. The Labute approximate surface area is 127 Å². The topological polar surface area (TPSA) is 66.4 Å². The molecule has 0 fully saturated rings. The average Bonchev–Trinajstić information content (AvgIpc) is 2.52. The zero-order chi connectivity index (χ0) is 15.9. The molecule has 0 aliphatic heterocycles.